The molecule has 1 rings (SSSR count). The van der Waals surface area contributed by atoms with Crippen molar-refractivity contribution in [2.24, 2.45) is 5.92 Å². The van der Waals surface area contributed by atoms with Gasteiger partial charge in [-0.1, -0.05) is 20.8 Å². The molecule has 4 heteroatoms. The third kappa shape index (κ3) is 3.55. The number of hydrogen-bond donors (Lipinski definition) is 1. The average molecular weight is 254 g/mol. The summed E-state index contributed by atoms with van der Waals surface area (Å²) in [6, 6.07) is -0.0407. The van der Waals surface area contributed by atoms with Gasteiger partial charge in [-0.25, -0.2) is 0 Å². The second kappa shape index (κ2) is 6.32. The summed E-state index contributed by atoms with van der Waals surface area (Å²) < 4.78 is 0. The Morgan fingerprint density at radius 3 is 2.39 bits per heavy atom. The highest BCUT2D eigenvalue weighted by Gasteiger charge is 2.40. The molecule has 0 aromatic heterocycles. The molecule has 1 aliphatic heterocycles. The minimum Gasteiger partial charge on any atom is -0.303 e. The lowest BCUT2D eigenvalue weighted by Crippen LogP contribution is -2.45. The number of rotatable bonds is 6. The molecule has 4 nitrogen and oxygen atoms in total. The maximum Gasteiger partial charge on any atom is 0.247 e. The van der Waals surface area contributed by atoms with Gasteiger partial charge in [0, 0.05) is 12.1 Å². The lowest BCUT2D eigenvalue weighted by Gasteiger charge is -2.23. The number of amides is 2. The minimum absolute atomic E-state index is 0.0113. The van der Waals surface area contributed by atoms with Crippen LogP contribution in [0.15, 0.2) is 0 Å². The van der Waals surface area contributed by atoms with Crippen LogP contribution in [0.5, 0.6) is 0 Å². The molecule has 3 atom stereocenters. The lowest BCUT2D eigenvalue weighted by molar-refractivity contribution is -0.141. The molecular weight excluding hydrogens is 228 g/mol. The van der Waals surface area contributed by atoms with Crippen molar-refractivity contribution < 1.29 is 9.59 Å². The zero-order valence-electron chi connectivity index (χ0n) is 12.2. The average Bonchev–Trinajstić information content (AvgIpc) is 2.52. The predicted molar refractivity (Wildman–Crippen MR) is 72.1 cm³/mol. The molecule has 0 aromatic rings. The van der Waals surface area contributed by atoms with Crippen molar-refractivity contribution in [1.29, 1.82) is 0 Å². The minimum atomic E-state index is -0.319. The Labute approximate surface area is 110 Å². The molecule has 0 aromatic carbocycles. The standard InChI is InChI=1S/C14H26N2O2/c1-6-11(5)16-13(17)8-12(14(16)18)15-10(4)7-9(2)3/h9-12,15H,6-8H2,1-5H3. The Hall–Kier alpha value is -0.900. The van der Waals surface area contributed by atoms with Crippen LogP contribution in [0.3, 0.4) is 0 Å². The first-order valence-corrected chi connectivity index (χ1v) is 6.98. The Morgan fingerprint density at radius 1 is 1.28 bits per heavy atom. The lowest BCUT2D eigenvalue weighted by atomic mass is 10.0. The van der Waals surface area contributed by atoms with Gasteiger partial charge in [0.15, 0.2) is 0 Å². The van der Waals surface area contributed by atoms with Crippen molar-refractivity contribution in [2.75, 3.05) is 0 Å². The van der Waals surface area contributed by atoms with E-state index in [4.69, 9.17) is 0 Å². The van der Waals surface area contributed by atoms with Gasteiger partial charge in [-0.2, -0.15) is 0 Å². The summed E-state index contributed by atoms with van der Waals surface area (Å²) in [7, 11) is 0. The van der Waals surface area contributed by atoms with Crippen LogP contribution in [0, 0.1) is 5.92 Å². The number of carbonyl (C=O) groups is 2. The highest BCUT2D eigenvalue weighted by molar-refractivity contribution is 6.05. The molecule has 18 heavy (non-hydrogen) atoms. The van der Waals surface area contributed by atoms with Gasteiger partial charge in [-0.05, 0) is 32.6 Å². The Morgan fingerprint density at radius 2 is 1.89 bits per heavy atom. The van der Waals surface area contributed by atoms with Crippen LogP contribution in [0.25, 0.3) is 0 Å². The van der Waals surface area contributed by atoms with Gasteiger partial charge in [0.05, 0.1) is 12.5 Å². The highest BCUT2D eigenvalue weighted by atomic mass is 16.2. The topological polar surface area (TPSA) is 49.4 Å². The normalized spacial score (nSPS) is 23.9. The summed E-state index contributed by atoms with van der Waals surface area (Å²) in [5.41, 5.74) is 0. The number of nitrogens with zero attached hydrogens (tertiary/aromatic N) is 1. The first kappa shape index (κ1) is 15.2. The van der Waals surface area contributed by atoms with E-state index in [1.54, 1.807) is 0 Å². The van der Waals surface area contributed by atoms with Crippen molar-refractivity contribution in [2.45, 2.75) is 72.0 Å². The predicted octanol–water partition coefficient (Wildman–Crippen LogP) is 1.94. The molecule has 0 aliphatic carbocycles. The van der Waals surface area contributed by atoms with E-state index in [0.717, 1.165) is 12.8 Å². The van der Waals surface area contributed by atoms with Crippen LogP contribution in [0.1, 0.15) is 53.9 Å². The third-order valence-corrected chi connectivity index (χ3v) is 3.53. The Kier molecular flexibility index (Phi) is 5.32. The maximum atomic E-state index is 12.2. The smallest absolute Gasteiger partial charge is 0.247 e. The highest BCUT2D eigenvalue weighted by Crippen LogP contribution is 2.19. The van der Waals surface area contributed by atoms with Crippen molar-refractivity contribution in [3.8, 4) is 0 Å². The Bertz CT molecular complexity index is 315. The largest absolute Gasteiger partial charge is 0.303 e. The quantitative estimate of drug-likeness (QED) is 0.737. The van der Waals surface area contributed by atoms with Crippen molar-refractivity contribution in [3.05, 3.63) is 0 Å². The summed E-state index contributed by atoms with van der Waals surface area (Å²) in [4.78, 5) is 25.5. The van der Waals surface area contributed by atoms with E-state index >= 15 is 0 Å². The Balaban J connectivity index is 2.60. The SMILES string of the molecule is CCC(C)N1C(=O)CC(NC(C)CC(C)C)C1=O. The van der Waals surface area contributed by atoms with Crippen molar-refractivity contribution >= 4 is 11.8 Å². The van der Waals surface area contributed by atoms with E-state index in [2.05, 4.69) is 26.1 Å². The third-order valence-electron chi connectivity index (χ3n) is 3.53. The van der Waals surface area contributed by atoms with E-state index in [0.29, 0.717) is 12.3 Å². The number of likely N-dealkylation sites (tertiary alicyclic amines) is 1. The first-order chi connectivity index (χ1) is 8.36. The number of carbonyl (C=O) groups excluding carboxylic acids is 2. The van der Waals surface area contributed by atoms with E-state index in [9.17, 15) is 9.59 Å². The molecule has 0 bridgehead atoms. The number of hydrogen-bond acceptors (Lipinski definition) is 3. The van der Waals surface area contributed by atoms with Gasteiger partial charge < -0.3 is 5.32 Å². The summed E-state index contributed by atoms with van der Waals surface area (Å²) in [5, 5.41) is 3.29. The summed E-state index contributed by atoms with van der Waals surface area (Å²) in [6.07, 6.45) is 2.14. The molecule has 104 valence electrons. The molecule has 1 fully saturated rings. The van der Waals surface area contributed by atoms with Crippen LogP contribution >= 0.6 is 0 Å². The van der Waals surface area contributed by atoms with Crippen LogP contribution in [0.4, 0.5) is 0 Å². The number of nitrogens with one attached hydrogen (secondary N) is 1. The molecule has 1 saturated heterocycles. The fourth-order valence-corrected chi connectivity index (χ4v) is 2.55. The second-order valence-corrected chi connectivity index (χ2v) is 5.81. The van der Waals surface area contributed by atoms with Gasteiger partial charge in [-0.15, -0.1) is 0 Å². The van der Waals surface area contributed by atoms with E-state index in [1.165, 1.54) is 4.90 Å². The fraction of sp³-hybridized carbons (Fsp3) is 0.857. The molecule has 3 unspecified atom stereocenters. The molecule has 2 amide bonds. The first-order valence-electron chi connectivity index (χ1n) is 6.98. The zero-order chi connectivity index (χ0) is 13.9. The van der Waals surface area contributed by atoms with Gasteiger partial charge >= 0.3 is 0 Å². The van der Waals surface area contributed by atoms with E-state index < -0.39 is 0 Å². The summed E-state index contributed by atoms with van der Waals surface area (Å²) in [6.45, 7) is 10.3. The number of imide groups is 1. The monoisotopic (exact) mass is 254 g/mol. The van der Waals surface area contributed by atoms with Gasteiger partial charge in [0.25, 0.3) is 0 Å². The molecule has 1 aliphatic rings. The van der Waals surface area contributed by atoms with Crippen LogP contribution in [0.2, 0.25) is 0 Å². The van der Waals surface area contributed by atoms with Crippen molar-refractivity contribution in [3.63, 3.8) is 0 Å². The summed E-state index contributed by atoms with van der Waals surface area (Å²) >= 11 is 0. The molecule has 0 spiro atoms. The molecule has 0 radical (unpaired) electrons. The van der Waals surface area contributed by atoms with Gasteiger partial charge in [-0.3, -0.25) is 14.5 Å². The second-order valence-electron chi connectivity index (χ2n) is 5.81. The molecule has 1 heterocycles. The van der Waals surface area contributed by atoms with Crippen molar-refractivity contribution in [1.82, 2.24) is 10.2 Å². The van der Waals surface area contributed by atoms with Gasteiger partial charge in [0.1, 0.15) is 0 Å². The van der Waals surface area contributed by atoms with E-state index in [-0.39, 0.29) is 29.9 Å². The maximum absolute atomic E-state index is 12.2. The van der Waals surface area contributed by atoms with Crippen LogP contribution in [-0.2, 0) is 9.59 Å². The zero-order valence-corrected chi connectivity index (χ0v) is 12.2. The molecule has 0 saturated carbocycles. The molecule has 1 N–H and O–H groups in total. The van der Waals surface area contributed by atoms with Crippen LogP contribution in [-0.4, -0.2) is 34.8 Å². The fourth-order valence-electron chi connectivity index (χ4n) is 2.55. The van der Waals surface area contributed by atoms with Crippen LogP contribution < -0.4 is 5.32 Å². The van der Waals surface area contributed by atoms with E-state index in [1.807, 2.05) is 13.8 Å². The van der Waals surface area contributed by atoms with Gasteiger partial charge in [0.2, 0.25) is 11.8 Å². The molecular formula is C14H26N2O2. The summed E-state index contributed by atoms with van der Waals surface area (Å²) in [5.74, 6) is 0.499.